The minimum atomic E-state index is -0.450. The number of carbonyl (C=O) groups excluding carboxylic acids is 2. The van der Waals surface area contributed by atoms with E-state index in [1.807, 2.05) is 13.8 Å². The summed E-state index contributed by atoms with van der Waals surface area (Å²) in [6.45, 7) is 4.74. The van der Waals surface area contributed by atoms with Crippen molar-refractivity contribution < 1.29 is 14.3 Å². The van der Waals surface area contributed by atoms with Gasteiger partial charge in [0.25, 0.3) is 0 Å². The average molecular weight is 374 g/mol. The Morgan fingerprint density at radius 3 is 2.56 bits per heavy atom. The number of esters is 1. The Morgan fingerprint density at radius 2 is 1.96 bits per heavy atom. The molecule has 7 nitrogen and oxygen atoms in total. The molecule has 1 aromatic rings. The van der Waals surface area contributed by atoms with Gasteiger partial charge in [0.05, 0.1) is 25.2 Å². The van der Waals surface area contributed by atoms with Crippen molar-refractivity contribution in [3.05, 3.63) is 24.2 Å². The highest BCUT2D eigenvalue weighted by Gasteiger charge is 2.23. The van der Waals surface area contributed by atoms with Gasteiger partial charge in [0.15, 0.2) is 0 Å². The highest BCUT2D eigenvalue weighted by Crippen LogP contribution is 2.23. The van der Waals surface area contributed by atoms with Gasteiger partial charge in [-0.2, -0.15) is 0 Å². The zero-order valence-corrected chi connectivity index (χ0v) is 16.4. The smallest absolute Gasteiger partial charge is 0.330 e. The normalized spacial score (nSPS) is 16.3. The van der Waals surface area contributed by atoms with Crippen molar-refractivity contribution >= 4 is 23.8 Å². The van der Waals surface area contributed by atoms with Crippen molar-refractivity contribution in [3.8, 4) is 0 Å². The number of amides is 1. The van der Waals surface area contributed by atoms with E-state index in [4.69, 9.17) is 0 Å². The Hall–Kier alpha value is -2.44. The Morgan fingerprint density at radius 1 is 1.22 bits per heavy atom. The summed E-state index contributed by atoms with van der Waals surface area (Å²) in [5, 5.41) is 6.26. The fourth-order valence-electron chi connectivity index (χ4n) is 3.16. The van der Waals surface area contributed by atoms with Gasteiger partial charge < -0.3 is 15.4 Å². The fraction of sp³-hybridized carbons (Fsp3) is 0.600. The van der Waals surface area contributed by atoms with Gasteiger partial charge in [0.2, 0.25) is 5.91 Å². The van der Waals surface area contributed by atoms with Gasteiger partial charge >= 0.3 is 5.97 Å². The van der Waals surface area contributed by atoms with E-state index >= 15 is 0 Å². The average Bonchev–Trinajstić information content (AvgIpc) is 2.69. The summed E-state index contributed by atoms with van der Waals surface area (Å²) in [7, 11) is 1.32. The second-order valence-corrected chi connectivity index (χ2v) is 7.30. The third-order valence-corrected chi connectivity index (χ3v) is 4.81. The highest BCUT2D eigenvalue weighted by molar-refractivity contribution is 5.86. The number of nitrogens with zero attached hydrogens (tertiary/aromatic N) is 2. The van der Waals surface area contributed by atoms with Gasteiger partial charge in [-0.15, -0.1) is 0 Å². The van der Waals surface area contributed by atoms with Crippen LogP contribution in [0.4, 0.5) is 5.82 Å². The van der Waals surface area contributed by atoms with Crippen LogP contribution in [0.2, 0.25) is 0 Å². The minimum absolute atomic E-state index is 0.00737. The molecule has 27 heavy (non-hydrogen) atoms. The first kappa shape index (κ1) is 20.9. The first-order valence-corrected chi connectivity index (χ1v) is 9.62. The number of methoxy groups -OCH3 is 1. The van der Waals surface area contributed by atoms with E-state index in [1.54, 1.807) is 12.4 Å². The zero-order valence-electron chi connectivity index (χ0n) is 16.4. The Kier molecular flexibility index (Phi) is 8.23. The molecule has 0 bridgehead atoms. The first-order valence-electron chi connectivity index (χ1n) is 9.62. The quantitative estimate of drug-likeness (QED) is 0.537. The molecule has 1 aliphatic rings. The minimum Gasteiger partial charge on any atom is -0.466 e. The first-order chi connectivity index (χ1) is 13.0. The summed E-state index contributed by atoms with van der Waals surface area (Å²) >= 11 is 0. The number of anilines is 1. The van der Waals surface area contributed by atoms with Crippen LogP contribution >= 0.6 is 0 Å². The molecule has 0 unspecified atom stereocenters. The van der Waals surface area contributed by atoms with Gasteiger partial charge in [0, 0.05) is 12.6 Å². The standard InChI is InChI=1S/C20H30N4O3/c1-14(2)19(20(26)23-11-15-7-5-4-6-8-15)24-17-13-21-16(12-22-17)9-10-18(25)27-3/h9-10,12-15,19H,4-8,11H2,1-3H3,(H,22,24)(H,23,26)/b10-9+/t19-/m1/s1. The van der Waals surface area contributed by atoms with E-state index in [0.717, 1.165) is 6.54 Å². The van der Waals surface area contributed by atoms with Gasteiger partial charge in [0.1, 0.15) is 11.9 Å². The molecule has 1 heterocycles. The molecule has 2 rings (SSSR count). The predicted octanol–water partition coefficient (Wildman–Crippen LogP) is 2.80. The van der Waals surface area contributed by atoms with Crippen molar-refractivity contribution in [2.75, 3.05) is 19.0 Å². The number of rotatable bonds is 8. The molecule has 2 N–H and O–H groups in total. The van der Waals surface area contributed by atoms with E-state index in [0.29, 0.717) is 17.4 Å². The maximum atomic E-state index is 12.6. The number of hydrogen-bond acceptors (Lipinski definition) is 6. The molecule has 148 valence electrons. The summed E-state index contributed by atoms with van der Waals surface area (Å²) in [6, 6.07) is -0.376. The molecule has 1 fully saturated rings. The van der Waals surface area contributed by atoms with E-state index < -0.39 is 5.97 Å². The van der Waals surface area contributed by atoms with E-state index in [-0.39, 0.29) is 17.9 Å². The van der Waals surface area contributed by atoms with Crippen LogP contribution in [0.1, 0.15) is 51.6 Å². The molecular weight excluding hydrogens is 344 g/mol. The van der Waals surface area contributed by atoms with Crippen LogP contribution in [0.3, 0.4) is 0 Å². The van der Waals surface area contributed by atoms with Crippen molar-refractivity contribution in [1.29, 1.82) is 0 Å². The largest absolute Gasteiger partial charge is 0.466 e. The summed E-state index contributed by atoms with van der Waals surface area (Å²) in [4.78, 5) is 32.2. The molecule has 0 saturated heterocycles. The van der Waals surface area contributed by atoms with E-state index in [9.17, 15) is 9.59 Å². The molecule has 0 spiro atoms. The lowest BCUT2D eigenvalue weighted by molar-refractivity contribution is -0.134. The predicted molar refractivity (Wildman–Crippen MR) is 105 cm³/mol. The Balaban J connectivity index is 1.91. The van der Waals surface area contributed by atoms with Crippen LogP contribution in [-0.4, -0.2) is 41.5 Å². The Bertz CT molecular complexity index is 637. The second kappa shape index (κ2) is 10.6. The third-order valence-electron chi connectivity index (χ3n) is 4.81. The number of carbonyl (C=O) groups is 2. The van der Waals surface area contributed by atoms with Crippen molar-refractivity contribution in [1.82, 2.24) is 15.3 Å². The lowest BCUT2D eigenvalue weighted by Gasteiger charge is -2.25. The van der Waals surface area contributed by atoms with E-state index in [2.05, 4.69) is 25.3 Å². The molecule has 1 saturated carbocycles. The number of hydrogen-bond donors (Lipinski definition) is 2. The topological polar surface area (TPSA) is 93.2 Å². The maximum absolute atomic E-state index is 12.6. The van der Waals surface area contributed by atoms with Crippen LogP contribution in [0.25, 0.3) is 6.08 Å². The zero-order chi connectivity index (χ0) is 19.6. The van der Waals surface area contributed by atoms with Crippen molar-refractivity contribution in [2.24, 2.45) is 11.8 Å². The number of nitrogens with one attached hydrogen (secondary N) is 2. The number of aromatic nitrogens is 2. The summed E-state index contributed by atoms with van der Waals surface area (Å²) < 4.78 is 4.54. The third kappa shape index (κ3) is 7.00. The van der Waals surface area contributed by atoms with Crippen molar-refractivity contribution in [2.45, 2.75) is 52.0 Å². The molecule has 7 heteroatoms. The van der Waals surface area contributed by atoms with Crippen LogP contribution in [0.5, 0.6) is 0 Å². The van der Waals surface area contributed by atoms with Crippen LogP contribution < -0.4 is 10.6 Å². The molecule has 1 aromatic heterocycles. The fourth-order valence-corrected chi connectivity index (χ4v) is 3.16. The lowest BCUT2D eigenvalue weighted by atomic mass is 9.89. The van der Waals surface area contributed by atoms with Crippen LogP contribution in [-0.2, 0) is 14.3 Å². The molecule has 0 aromatic carbocycles. The summed E-state index contributed by atoms with van der Waals surface area (Å²) in [5.74, 6) is 0.769. The van der Waals surface area contributed by atoms with Crippen molar-refractivity contribution in [3.63, 3.8) is 0 Å². The number of ether oxygens (including phenoxy) is 1. The lowest BCUT2D eigenvalue weighted by Crippen LogP contribution is -2.44. The SMILES string of the molecule is COC(=O)/C=C/c1cnc(N[C@@H](C(=O)NCC2CCCCC2)C(C)C)cn1. The second-order valence-electron chi connectivity index (χ2n) is 7.30. The summed E-state index contributed by atoms with van der Waals surface area (Å²) in [6.07, 6.45) is 12.1. The molecular formula is C20H30N4O3. The van der Waals surface area contributed by atoms with Crippen LogP contribution in [0, 0.1) is 11.8 Å². The molecule has 0 radical (unpaired) electrons. The van der Waals surface area contributed by atoms with E-state index in [1.165, 1.54) is 51.4 Å². The monoisotopic (exact) mass is 374 g/mol. The molecule has 0 aliphatic heterocycles. The molecule has 1 aliphatic carbocycles. The van der Waals surface area contributed by atoms with Gasteiger partial charge in [-0.3, -0.25) is 9.78 Å². The molecule has 1 atom stereocenters. The molecule has 1 amide bonds. The van der Waals surface area contributed by atoms with Gasteiger partial charge in [-0.25, -0.2) is 9.78 Å². The van der Waals surface area contributed by atoms with Crippen LogP contribution in [0.15, 0.2) is 18.5 Å². The summed E-state index contributed by atoms with van der Waals surface area (Å²) in [5.41, 5.74) is 0.536. The Labute approximate surface area is 161 Å². The van der Waals surface area contributed by atoms with Gasteiger partial charge in [-0.1, -0.05) is 33.1 Å². The van der Waals surface area contributed by atoms with Gasteiger partial charge in [-0.05, 0) is 30.8 Å². The maximum Gasteiger partial charge on any atom is 0.330 e. The highest BCUT2D eigenvalue weighted by atomic mass is 16.5.